The lowest BCUT2D eigenvalue weighted by Crippen LogP contribution is -2.50. The van der Waals surface area contributed by atoms with Crippen molar-refractivity contribution in [3.8, 4) is 11.8 Å². The number of carboxylic acids is 1. The molecule has 136 valence electrons. The molecule has 0 aromatic rings. The van der Waals surface area contributed by atoms with Crippen LogP contribution in [0.1, 0.15) is 57.8 Å². The minimum atomic E-state index is -1.10. The summed E-state index contributed by atoms with van der Waals surface area (Å²) in [5.74, 6) is 10.3. The van der Waals surface area contributed by atoms with E-state index in [1.165, 1.54) is 0 Å². The Balaban J connectivity index is 2.39. The van der Waals surface area contributed by atoms with Gasteiger partial charge in [-0.15, -0.1) is 5.92 Å². The zero-order valence-corrected chi connectivity index (χ0v) is 14.2. The Morgan fingerprint density at radius 1 is 1.29 bits per heavy atom. The molecule has 1 rings (SSSR count). The van der Waals surface area contributed by atoms with Crippen molar-refractivity contribution in [3.05, 3.63) is 0 Å². The van der Waals surface area contributed by atoms with E-state index in [-0.39, 0.29) is 19.1 Å². The number of nitrogens with zero attached hydrogens (tertiary/aromatic N) is 1. The maximum atomic E-state index is 12.1. The Morgan fingerprint density at radius 3 is 2.79 bits per heavy atom. The standard InChI is InChI=1S/C17H29N3O4/c18-12-7-6-10-15(17(22)23)20(19)16(21)11-13-24-14-8-4-2-1-3-5-9-14/h14-15H,1-4,6-8,10-13,18-19H2,(H,22,23). The molecule has 0 saturated carbocycles. The summed E-state index contributed by atoms with van der Waals surface area (Å²) < 4.78 is 5.64. The van der Waals surface area contributed by atoms with Gasteiger partial charge in [0.15, 0.2) is 0 Å². The summed E-state index contributed by atoms with van der Waals surface area (Å²) in [6.45, 7) is 0.683. The number of aliphatic carboxylic acids is 1. The molecular formula is C17H29N3O4. The molecule has 0 heterocycles. The molecule has 0 aromatic carbocycles. The van der Waals surface area contributed by atoms with Crippen LogP contribution in [0.2, 0.25) is 0 Å². The fraction of sp³-hybridized carbons (Fsp3) is 0.765. The van der Waals surface area contributed by atoms with Gasteiger partial charge in [-0.2, -0.15) is 0 Å². The predicted octanol–water partition coefficient (Wildman–Crippen LogP) is 1.01. The van der Waals surface area contributed by atoms with Crippen molar-refractivity contribution in [3.63, 3.8) is 0 Å². The third kappa shape index (κ3) is 7.77. The number of carbonyl (C=O) groups excluding carboxylic acids is 1. The molecular weight excluding hydrogens is 310 g/mol. The third-order valence-corrected chi connectivity index (χ3v) is 4.01. The number of rotatable bonds is 10. The molecule has 2 unspecified atom stereocenters. The maximum absolute atomic E-state index is 12.1. The SMILES string of the molecule is NCCCCC(C(=O)O)N(N)C(=O)CCOC1C#CCCCCC1. The smallest absolute Gasteiger partial charge is 0.328 e. The van der Waals surface area contributed by atoms with Crippen molar-refractivity contribution in [2.45, 2.75) is 69.9 Å². The van der Waals surface area contributed by atoms with E-state index < -0.39 is 17.9 Å². The van der Waals surface area contributed by atoms with Crippen molar-refractivity contribution >= 4 is 11.9 Å². The molecule has 24 heavy (non-hydrogen) atoms. The molecule has 0 radical (unpaired) electrons. The summed E-state index contributed by atoms with van der Waals surface area (Å²) in [4.78, 5) is 23.4. The highest BCUT2D eigenvalue weighted by Crippen LogP contribution is 2.12. The highest BCUT2D eigenvalue weighted by Gasteiger charge is 2.26. The zero-order valence-electron chi connectivity index (χ0n) is 14.2. The lowest BCUT2D eigenvalue weighted by atomic mass is 10.1. The van der Waals surface area contributed by atoms with Gasteiger partial charge >= 0.3 is 5.97 Å². The molecule has 0 bridgehead atoms. The first-order valence-electron chi connectivity index (χ1n) is 8.66. The fourth-order valence-electron chi connectivity index (χ4n) is 2.56. The van der Waals surface area contributed by atoms with Crippen LogP contribution in [0.25, 0.3) is 0 Å². The second kappa shape index (κ2) is 11.8. The van der Waals surface area contributed by atoms with Crippen molar-refractivity contribution in [1.29, 1.82) is 0 Å². The van der Waals surface area contributed by atoms with Crippen LogP contribution in [0, 0.1) is 11.8 Å². The topological polar surface area (TPSA) is 119 Å². The molecule has 0 fully saturated rings. The molecule has 1 aliphatic rings. The lowest BCUT2D eigenvalue weighted by molar-refractivity contribution is -0.151. The molecule has 7 heteroatoms. The number of hydrogen-bond acceptors (Lipinski definition) is 5. The van der Waals surface area contributed by atoms with Crippen LogP contribution in [-0.4, -0.2) is 47.3 Å². The normalized spacial score (nSPS) is 18.7. The Labute approximate surface area is 143 Å². The highest BCUT2D eigenvalue weighted by atomic mass is 16.5. The first-order valence-corrected chi connectivity index (χ1v) is 8.66. The number of ether oxygens (including phenoxy) is 1. The number of hydrazine groups is 1. The van der Waals surface area contributed by atoms with Gasteiger partial charge in [-0.3, -0.25) is 9.80 Å². The minimum Gasteiger partial charge on any atom is -0.480 e. The van der Waals surface area contributed by atoms with Crippen LogP contribution in [0.15, 0.2) is 0 Å². The van der Waals surface area contributed by atoms with Gasteiger partial charge in [0.1, 0.15) is 12.1 Å². The summed E-state index contributed by atoms with van der Waals surface area (Å²) in [5.41, 5.74) is 5.40. The number of unbranched alkanes of at least 4 members (excludes halogenated alkanes) is 1. The van der Waals surface area contributed by atoms with Crippen molar-refractivity contribution in [2.24, 2.45) is 11.6 Å². The average Bonchev–Trinajstić information content (AvgIpc) is 2.52. The number of hydrogen-bond donors (Lipinski definition) is 3. The van der Waals surface area contributed by atoms with Crippen LogP contribution in [0.4, 0.5) is 0 Å². The van der Waals surface area contributed by atoms with E-state index in [9.17, 15) is 14.7 Å². The summed E-state index contributed by atoms with van der Waals surface area (Å²) >= 11 is 0. The maximum Gasteiger partial charge on any atom is 0.328 e. The fourth-order valence-corrected chi connectivity index (χ4v) is 2.56. The van der Waals surface area contributed by atoms with Crippen molar-refractivity contribution in [2.75, 3.05) is 13.2 Å². The van der Waals surface area contributed by atoms with Crippen LogP contribution in [0.3, 0.4) is 0 Å². The largest absolute Gasteiger partial charge is 0.480 e. The van der Waals surface area contributed by atoms with Gasteiger partial charge < -0.3 is 15.6 Å². The van der Waals surface area contributed by atoms with Crippen molar-refractivity contribution in [1.82, 2.24) is 5.01 Å². The minimum absolute atomic E-state index is 0.0509. The average molecular weight is 339 g/mol. The molecule has 0 spiro atoms. The molecule has 2 atom stereocenters. The Morgan fingerprint density at radius 2 is 2.08 bits per heavy atom. The summed E-state index contributed by atoms with van der Waals surface area (Å²) in [7, 11) is 0. The summed E-state index contributed by atoms with van der Waals surface area (Å²) in [6.07, 6.45) is 6.61. The Kier molecular flexibility index (Phi) is 10.1. The number of carbonyl (C=O) groups is 2. The predicted molar refractivity (Wildman–Crippen MR) is 90.6 cm³/mol. The Hall–Kier alpha value is -1.62. The van der Waals surface area contributed by atoms with E-state index in [0.717, 1.165) is 37.1 Å². The van der Waals surface area contributed by atoms with E-state index in [4.69, 9.17) is 16.3 Å². The number of nitrogens with two attached hydrogens (primary N) is 2. The molecule has 0 aromatic heterocycles. The van der Waals surface area contributed by atoms with E-state index in [1.807, 2.05) is 0 Å². The van der Waals surface area contributed by atoms with E-state index in [1.54, 1.807) is 0 Å². The monoisotopic (exact) mass is 339 g/mol. The van der Waals surface area contributed by atoms with Crippen LogP contribution in [-0.2, 0) is 14.3 Å². The molecule has 1 aliphatic carbocycles. The van der Waals surface area contributed by atoms with Gasteiger partial charge in [0.05, 0.1) is 13.0 Å². The molecule has 0 saturated heterocycles. The first-order chi connectivity index (χ1) is 11.6. The molecule has 7 nitrogen and oxygen atoms in total. The van der Waals surface area contributed by atoms with E-state index in [2.05, 4.69) is 11.8 Å². The second-order valence-electron chi connectivity index (χ2n) is 5.97. The highest BCUT2D eigenvalue weighted by molar-refractivity contribution is 5.83. The van der Waals surface area contributed by atoms with E-state index >= 15 is 0 Å². The van der Waals surface area contributed by atoms with Crippen LogP contribution >= 0.6 is 0 Å². The van der Waals surface area contributed by atoms with Gasteiger partial charge in [-0.25, -0.2) is 10.6 Å². The second-order valence-corrected chi connectivity index (χ2v) is 5.97. The number of amides is 1. The summed E-state index contributed by atoms with van der Waals surface area (Å²) in [6, 6.07) is -1.02. The van der Waals surface area contributed by atoms with Crippen molar-refractivity contribution < 1.29 is 19.4 Å². The van der Waals surface area contributed by atoms with Gasteiger partial charge in [0.25, 0.3) is 0 Å². The third-order valence-electron chi connectivity index (χ3n) is 4.01. The van der Waals surface area contributed by atoms with Gasteiger partial charge in [0, 0.05) is 6.42 Å². The molecule has 5 N–H and O–H groups in total. The van der Waals surface area contributed by atoms with Gasteiger partial charge in [0.2, 0.25) is 5.91 Å². The van der Waals surface area contributed by atoms with Gasteiger partial charge in [-0.1, -0.05) is 12.3 Å². The summed E-state index contributed by atoms with van der Waals surface area (Å²) in [5, 5.41) is 10.0. The Bertz CT molecular complexity index is 458. The first kappa shape index (κ1) is 20.4. The number of carboxylic acid groups (broad SMARTS) is 1. The lowest BCUT2D eigenvalue weighted by Gasteiger charge is -2.24. The van der Waals surface area contributed by atoms with Crippen LogP contribution < -0.4 is 11.6 Å². The molecule has 1 amide bonds. The quantitative estimate of drug-likeness (QED) is 0.180. The van der Waals surface area contributed by atoms with E-state index in [0.29, 0.717) is 25.8 Å². The van der Waals surface area contributed by atoms with Crippen LogP contribution in [0.5, 0.6) is 0 Å². The van der Waals surface area contributed by atoms with Gasteiger partial charge in [-0.05, 0) is 45.1 Å². The molecule has 0 aliphatic heterocycles. The zero-order chi connectivity index (χ0) is 17.8.